The van der Waals surface area contributed by atoms with Gasteiger partial charge in [-0.05, 0) is 19.1 Å². The molecule has 2 heterocycles. The van der Waals surface area contributed by atoms with Crippen LogP contribution < -0.4 is 16.0 Å². The van der Waals surface area contributed by atoms with Crippen LogP contribution in [0.2, 0.25) is 0 Å². The lowest BCUT2D eigenvalue weighted by Crippen LogP contribution is -2.14. The summed E-state index contributed by atoms with van der Waals surface area (Å²) in [6.45, 7) is 2.06. The van der Waals surface area contributed by atoms with Crippen LogP contribution in [0.5, 0.6) is 5.75 Å². The van der Waals surface area contributed by atoms with E-state index in [2.05, 4.69) is 10.1 Å². The summed E-state index contributed by atoms with van der Waals surface area (Å²) >= 11 is 1.33. The van der Waals surface area contributed by atoms with Crippen LogP contribution in [-0.4, -0.2) is 14.6 Å². The molecule has 0 saturated heterocycles. The molecule has 20 heavy (non-hydrogen) atoms. The smallest absolute Gasteiger partial charge is 0.275 e. The van der Waals surface area contributed by atoms with E-state index in [1.165, 1.54) is 21.9 Å². The fourth-order valence-electron chi connectivity index (χ4n) is 1.77. The van der Waals surface area contributed by atoms with E-state index < -0.39 is 0 Å². The Hall–Kier alpha value is -2.41. The summed E-state index contributed by atoms with van der Waals surface area (Å²) in [6.07, 6.45) is 0. The highest BCUT2D eigenvalue weighted by Gasteiger charge is 2.08. The van der Waals surface area contributed by atoms with Crippen molar-refractivity contribution >= 4 is 22.0 Å². The SMILES string of the molecule is Cc1cc(=O)n2nc(COc3cccc(N)c3)sc2n1. The molecule has 2 aromatic heterocycles. The molecule has 0 unspecified atom stereocenters. The summed E-state index contributed by atoms with van der Waals surface area (Å²) < 4.78 is 6.88. The normalized spacial score (nSPS) is 10.8. The minimum atomic E-state index is -0.182. The standard InChI is InChI=1S/C13H12N4O2S/c1-8-5-12(18)17-13(15-8)20-11(16-17)7-19-10-4-2-3-9(14)6-10/h2-6H,7,14H2,1H3. The zero-order valence-corrected chi connectivity index (χ0v) is 11.6. The Bertz CT molecular complexity index is 825. The van der Waals surface area contributed by atoms with Gasteiger partial charge in [0, 0.05) is 23.5 Å². The molecule has 0 bridgehead atoms. The molecular weight excluding hydrogens is 276 g/mol. The van der Waals surface area contributed by atoms with E-state index in [0.29, 0.717) is 27.1 Å². The number of aryl methyl sites for hydroxylation is 1. The Morgan fingerprint density at radius 1 is 1.40 bits per heavy atom. The van der Waals surface area contributed by atoms with Crippen molar-refractivity contribution in [3.05, 3.63) is 51.4 Å². The number of nitrogens with two attached hydrogens (primary N) is 1. The third kappa shape index (κ3) is 2.48. The van der Waals surface area contributed by atoms with E-state index >= 15 is 0 Å². The Morgan fingerprint density at radius 2 is 2.25 bits per heavy atom. The highest BCUT2D eigenvalue weighted by molar-refractivity contribution is 7.16. The molecule has 6 nitrogen and oxygen atoms in total. The zero-order valence-electron chi connectivity index (χ0n) is 10.7. The van der Waals surface area contributed by atoms with Crippen molar-refractivity contribution in [3.63, 3.8) is 0 Å². The largest absolute Gasteiger partial charge is 0.486 e. The topological polar surface area (TPSA) is 82.5 Å². The minimum absolute atomic E-state index is 0.182. The first kappa shape index (κ1) is 12.6. The maximum atomic E-state index is 11.7. The number of aromatic nitrogens is 3. The number of hydrogen-bond donors (Lipinski definition) is 1. The number of nitrogens with zero attached hydrogens (tertiary/aromatic N) is 3. The van der Waals surface area contributed by atoms with Gasteiger partial charge < -0.3 is 10.5 Å². The molecule has 0 spiro atoms. The van der Waals surface area contributed by atoms with Crippen molar-refractivity contribution < 1.29 is 4.74 Å². The summed E-state index contributed by atoms with van der Waals surface area (Å²) in [5.74, 6) is 0.667. The van der Waals surface area contributed by atoms with E-state index in [4.69, 9.17) is 10.5 Å². The third-order valence-corrected chi connectivity index (χ3v) is 3.52. The average Bonchev–Trinajstić information content (AvgIpc) is 2.80. The minimum Gasteiger partial charge on any atom is -0.486 e. The Morgan fingerprint density at radius 3 is 3.05 bits per heavy atom. The van der Waals surface area contributed by atoms with Gasteiger partial charge in [-0.15, -0.1) is 0 Å². The van der Waals surface area contributed by atoms with Gasteiger partial charge >= 0.3 is 0 Å². The second-order valence-corrected chi connectivity index (χ2v) is 5.33. The second-order valence-electron chi connectivity index (χ2n) is 4.29. The van der Waals surface area contributed by atoms with Crippen LogP contribution in [0.25, 0.3) is 4.96 Å². The van der Waals surface area contributed by atoms with Crippen LogP contribution in [0.1, 0.15) is 10.7 Å². The lowest BCUT2D eigenvalue weighted by molar-refractivity contribution is 0.304. The lowest BCUT2D eigenvalue weighted by Gasteiger charge is -2.03. The first-order valence-corrected chi connectivity index (χ1v) is 6.78. The first-order valence-electron chi connectivity index (χ1n) is 5.96. The molecule has 3 rings (SSSR count). The number of fused-ring (bicyclic) bond motifs is 1. The van der Waals surface area contributed by atoms with Gasteiger partial charge in [-0.2, -0.15) is 9.61 Å². The van der Waals surface area contributed by atoms with Crippen LogP contribution in [0, 0.1) is 6.92 Å². The summed E-state index contributed by atoms with van der Waals surface area (Å²) in [7, 11) is 0. The zero-order chi connectivity index (χ0) is 14.1. The van der Waals surface area contributed by atoms with E-state index in [1.807, 2.05) is 12.1 Å². The first-order chi connectivity index (χ1) is 9.61. The van der Waals surface area contributed by atoms with Crippen LogP contribution in [0.15, 0.2) is 35.1 Å². The van der Waals surface area contributed by atoms with Crippen molar-refractivity contribution in [1.82, 2.24) is 14.6 Å². The molecule has 0 radical (unpaired) electrons. The van der Waals surface area contributed by atoms with Gasteiger partial charge in [0.2, 0.25) is 4.96 Å². The Labute approximate surface area is 118 Å². The molecule has 0 atom stereocenters. The molecular formula is C13H12N4O2S. The van der Waals surface area contributed by atoms with Crippen molar-refractivity contribution in [2.24, 2.45) is 0 Å². The van der Waals surface area contributed by atoms with Gasteiger partial charge in [0.15, 0.2) is 5.01 Å². The molecule has 0 amide bonds. The summed E-state index contributed by atoms with van der Waals surface area (Å²) in [5.41, 5.74) is 6.82. The maximum absolute atomic E-state index is 11.7. The van der Waals surface area contributed by atoms with E-state index in [0.717, 1.165) is 0 Å². The predicted molar refractivity (Wildman–Crippen MR) is 77.1 cm³/mol. The van der Waals surface area contributed by atoms with E-state index in [9.17, 15) is 4.79 Å². The second kappa shape index (κ2) is 4.93. The predicted octanol–water partition coefficient (Wildman–Crippen LogP) is 1.62. The molecule has 1 aromatic carbocycles. The van der Waals surface area contributed by atoms with Crippen molar-refractivity contribution in [3.8, 4) is 5.75 Å². The summed E-state index contributed by atoms with van der Waals surface area (Å²) in [5, 5.41) is 4.88. The lowest BCUT2D eigenvalue weighted by atomic mass is 10.3. The quantitative estimate of drug-likeness (QED) is 0.740. The van der Waals surface area contributed by atoms with Crippen LogP contribution >= 0.6 is 11.3 Å². The van der Waals surface area contributed by atoms with Crippen LogP contribution in [-0.2, 0) is 6.61 Å². The fraction of sp³-hybridized carbons (Fsp3) is 0.154. The monoisotopic (exact) mass is 288 g/mol. The molecule has 7 heteroatoms. The van der Waals surface area contributed by atoms with Gasteiger partial charge in [-0.25, -0.2) is 4.98 Å². The van der Waals surface area contributed by atoms with Crippen molar-refractivity contribution in [2.75, 3.05) is 5.73 Å². The number of benzene rings is 1. The molecule has 0 saturated carbocycles. The van der Waals surface area contributed by atoms with Gasteiger partial charge in [-0.3, -0.25) is 4.79 Å². The number of nitrogen functional groups attached to an aromatic ring is 1. The number of ether oxygens (including phenoxy) is 1. The van der Waals surface area contributed by atoms with Gasteiger partial charge in [0.25, 0.3) is 5.56 Å². The molecule has 2 N–H and O–H groups in total. The Kier molecular flexibility index (Phi) is 3.11. The molecule has 102 valence electrons. The maximum Gasteiger partial charge on any atom is 0.275 e. The van der Waals surface area contributed by atoms with Crippen LogP contribution in [0.3, 0.4) is 0 Å². The third-order valence-electron chi connectivity index (χ3n) is 2.64. The summed E-state index contributed by atoms with van der Waals surface area (Å²) in [6, 6.07) is 8.62. The van der Waals surface area contributed by atoms with Crippen molar-refractivity contribution in [1.29, 1.82) is 0 Å². The molecule has 0 fully saturated rings. The highest BCUT2D eigenvalue weighted by atomic mass is 32.1. The highest BCUT2D eigenvalue weighted by Crippen LogP contribution is 2.18. The van der Waals surface area contributed by atoms with Crippen molar-refractivity contribution in [2.45, 2.75) is 13.5 Å². The van der Waals surface area contributed by atoms with Crippen LogP contribution in [0.4, 0.5) is 5.69 Å². The molecule has 3 aromatic rings. The Balaban J connectivity index is 1.85. The molecule has 0 aliphatic carbocycles. The number of hydrogen-bond acceptors (Lipinski definition) is 6. The average molecular weight is 288 g/mol. The number of rotatable bonds is 3. The number of anilines is 1. The van der Waals surface area contributed by atoms with Gasteiger partial charge in [0.05, 0.1) is 0 Å². The van der Waals surface area contributed by atoms with E-state index in [-0.39, 0.29) is 12.2 Å². The molecule has 0 aliphatic rings. The van der Waals surface area contributed by atoms with Gasteiger partial charge in [0.1, 0.15) is 12.4 Å². The molecule has 0 aliphatic heterocycles. The summed E-state index contributed by atoms with van der Waals surface area (Å²) in [4.78, 5) is 16.6. The fourth-order valence-corrected chi connectivity index (χ4v) is 2.63. The van der Waals surface area contributed by atoms with E-state index in [1.54, 1.807) is 19.1 Å². The van der Waals surface area contributed by atoms with Gasteiger partial charge in [-0.1, -0.05) is 17.4 Å².